The second-order valence-corrected chi connectivity index (χ2v) is 5.57. The van der Waals surface area contributed by atoms with E-state index in [2.05, 4.69) is 21.2 Å². The van der Waals surface area contributed by atoms with E-state index in [9.17, 15) is 9.18 Å². The first kappa shape index (κ1) is 15.8. The number of ether oxygens (including phenoxy) is 1. The van der Waals surface area contributed by atoms with Gasteiger partial charge in [-0.15, -0.1) is 0 Å². The molecule has 6 heteroatoms. The lowest BCUT2D eigenvalue weighted by atomic mass is 10.2. The van der Waals surface area contributed by atoms with Crippen LogP contribution in [-0.4, -0.2) is 19.1 Å². The Balaban J connectivity index is 1.80. The number of amides is 1. The number of rotatable bonds is 5. The third-order valence-electron chi connectivity index (χ3n) is 2.59. The minimum absolute atomic E-state index is 0.258. The van der Waals surface area contributed by atoms with Crippen LogP contribution in [0.2, 0.25) is 5.02 Å². The number of benzene rings is 2. The van der Waals surface area contributed by atoms with Gasteiger partial charge in [-0.1, -0.05) is 27.5 Å². The van der Waals surface area contributed by atoms with Gasteiger partial charge in [0.1, 0.15) is 18.2 Å². The molecule has 110 valence electrons. The van der Waals surface area contributed by atoms with E-state index in [4.69, 9.17) is 16.3 Å². The lowest BCUT2D eigenvalue weighted by Crippen LogP contribution is -2.28. The number of carbonyl (C=O) groups is 1. The molecule has 0 aliphatic carbocycles. The molecular weight excluding hydrogens is 361 g/mol. The number of hydrogen-bond acceptors (Lipinski definition) is 2. The van der Waals surface area contributed by atoms with Gasteiger partial charge in [-0.25, -0.2) is 4.39 Å². The first-order chi connectivity index (χ1) is 10.0. The molecule has 0 aliphatic heterocycles. The molecule has 0 aromatic heterocycles. The quantitative estimate of drug-likeness (QED) is 0.804. The number of carbonyl (C=O) groups excluding carboxylic acids is 1. The largest absolute Gasteiger partial charge is 0.492 e. The molecule has 0 aliphatic rings. The minimum atomic E-state index is -0.466. The van der Waals surface area contributed by atoms with Crippen LogP contribution < -0.4 is 10.1 Å². The molecule has 0 spiro atoms. The fourth-order valence-corrected chi connectivity index (χ4v) is 2.24. The normalized spacial score (nSPS) is 10.2. The van der Waals surface area contributed by atoms with Gasteiger partial charge in [0.2, 0.25) is 0 Å². The topological polar surface area (TPSA) is 38.3 Å². The molecule has 1 N–H and O–H groups in total. The van der Waals surface area contributed by atoms with Crippen molar-refractivity contribution in [3.05, 3.63) is 63.3 Å². The van der Waals surface area contributed by atoms with Crippen molar-refractivity contribution in [1.82, 2.24) is 5.32 Å². The molecule has 0 bridgehead atoms. The van der Waals surface area contributed by atoms with Crippen molar-refractivity contribution in [2.45, 2.75) is 0 Å². The third kappa shape index (κ3) is 5.02. The van der Waals surface area contributed by atoms with E-state index in [1.807, 2.05) is 0 Å². The fourth-order valence-electron chi connectivity index (χ4n) is 1.65. The Morgan fingerprint density at radius 1 is 1.24 bits per heavy atom. The summed E-state index contributed by atoms with van der Waals surface area (Å²) in [4.78, 5) is 11.8. The number of hydrogen-bond donors (Lipinski definition) is 1. The predicted molar refractivity (Wildman–Crippen MR) is 83.4 cm³/mol. The van der Waals surface area contributed by atoms with Gasteiger partial charge < -0.3 is 10.1 Å². The van der Waals surface area contributed by atoms with Gasteiger partial charge >= 0.3 is 0 Å². The van der Waals surface area contributed by atoms with Crippen molar-refractivity contribution in [1.29, 1.82) is 0 Å². The van der Waals surface area contributed by atoms with Crippen molar-refractivity contribution in [2.24, 2.45) is 0 Å². The molecule has 3 nitrogen and oxygen atoms in total. The van der Waals surface area contributed by atoms with E-state index in [1.165, 1.54) is 12.1 Å². The average Bonchev–Trinajstić information content (AvgIpc) is 2.44. The third-order valence-corrected chi connectivity index (χ3v) is 3.30. The number of nitrogens with one attached hydrogen (secondary N) is 1. The van der Waals surface area contributed by atoms with Crippen molar-refractivity contribution >= 4 is 33.4 Å². The summed E-state index contributed by atoms with van der Waals surface area (Å²) >= 11 is 8.90. The summed E-state index contributed by atoms with van der Waals surface area (Å²) in [6.45, 7) is 0.624. The SMILES string of the molecule is O=C(NCCOc1ccc(Cl)cc1)c1cc(F)cc(Br)c1. The first-order valence-electron chi connectivity index (χ1n) is 6.17. The maximum absolute atomic E-state index is 13.2. The van der Waals surface area contributed by atoms with Gasteiger partial charge in [0.25, 0.3) is 5.91 Å². The highest BCUT2D eigenvalue weighted by Gasteiger charge is 2.07. The highest BCUT2D eigenvalue weighted by Crippen LogP contribution is 2.16. The lowest BCUT2D eigenvalue weighted by molar-refractivity contribution is 0.0946. The molecule has 1 amide bonds. The zero-order chi connectivity index (χ0) is 15.2. The van der Waals surface area contributed by atoms with Crippen LogP contribution in [0.4, 0.5) is 4.39 Å². The summed E-state index contributed by atoms with van der Waals surface area (Å²) in [6.07, 6.45) is 0. The van der Waals surface area contributed by atoms with Crippen LogP contribution in [0.3, 0.4) is 0 Å². The second kappa shape index (κ2) is 7.43. The molecule has 0 saturated carbocycles. The van der Waals surface area contributed by atoms with Crippen molar-refractivity contribution in [3.8, 4) is 5.75 Å². The smallest absolute Gasteiger partial charge is 0.251 e. The molecule has 0 radical (unpaired) electrons. The zero-order valence-electron chi connectivity index (χ0n) is 10.9. The summed E-state index contributed by atoms with van der Waals surface area (Å²) in [5, 5.41) is 3.29. The lowest BCUT2D eigenvalue weighted by Gasteiger charge is -2.08. The molecule has 2 aromatic rings. The minimum Gasteiger partial charge on any atom is -0.492 e. The van der Waals surface area contributed by atoms with Crippen molar-refractivity contribution in [3.63, 3.8) is 0 Å². The molecule has 0 unspecified atom stereocenters. The Morgan fingerprint density at radius 2 is 1.95 bits per heavy atom. The number of halogens is 3. The van der Waals surface area contributed by atoms with E-state index >= 15 is 0 Å². The van der Waals surface area contributed by atoms with Crippen molar-refractivity contribution in [2.75, 3.05) is 13.2 Å². The second-order valence-electron chi connectivity index (χ2n) is 4.22. The molecule has 2 aromatic carbocycles. The Kier molecular flexibility index (Phi) is 5.59. The fraction of sp³-hybridized carbons (Fsp3) is 0.133. The van der Waals surface area contributed by atoms with Crippen LogP contribution in [-0.2, 0) is 0 Å². The molecule has 0 atom stereocenters. The van der Waals surface area contributed by atoms with Gasteiger partial charge in [0, 0.05) is 15.1 Å². The molecule has 21 heavy (non-hydrogen) atoms. The summed E-state index contributed by atoms with van der Waals surface area (Å²) < 4.78 is 19.1. The highest BCUT2D eigenvalue weighted by molar-refractivity contribution is 9.10. The summed E-state index contributed by atoms with van der Waals surface area (Å²) in [6, 6.07) is 11.0. The van der Waals surface area contributed by atoms with Crippen LogP contribution in [0.1, 0.15) is 10.4 Å². The van der Waals surface area contributed by atoms with Crippen LogP contribution in [0.15, 0.2) is 46.9 Å². The molecule has 0 saturated heterocycles. The molecule has 2 rings (SSSR count). The van der Waals surface area contributed by atoms with E-state index in [-0.39, 0.29) is 11.5 Å². The molecular formula is C15H12BrClFNO2. The maximum atomic E-state index is 13.2. The summed E-state index contributed by atoms with van der Waals surface area (Å²) in [5.74, 6) is -0.149. The standard InChI is InChI=1S/C15H12BrClFNO2/c16-11-7-10(8-13(18)9-11)15(20)19-5-6-21-14-3-1-12(17)2-4-14/h1-4,7-9H,5-6H2,(H,19,20). The van der Waals surface area contributed by atoms with E-state index < -0.39 is 5.82 Å². The highest BCUT2D eigenvalue weighted by atomic mass is 79.9. The van der Waals surface area contributed by atoms with E-state index in [1.54, 1.807) is 30.3 Å². The van der Waals surface area contributed by atoms with Crippen molar-refractivity contribution < 1.29 is 13.9 Å². The van der Waals surface area contributed by atoms with Gasteiger partial charge in [-0.05, 0) is 42.5 Å². The maximum Gasteiger partial charge on any atom is 0.251 e. The Morgan fingerprint density at radius 3 is 2.62 bits per heavy atom. The van der Waals surface area contributed by atoms with Crippen LogP contribution in [0.25, 0.3) is 0 Å². The molecule has 0 fully saturated rings. The Hall–Kier alpha value is -1.59. The summed E-state index contributed by atoms with van der Waals surface area (Å²) in [5.41, 5.74) is 0.258. The van der Waals surface area contributed by atoms with Crippen LogP contribution in [0, 0.1) is 5.82 Å². The van der Waals surface area contributed by atoms with Crippen LogP contribution >= 0.6 is 27.5 Å². The monoisotopic (exact) mass is 371 g/mol. The van der Waals surface area contributed by atoms with E-state index in [0.717, 1.165) is 0 Å². The zero-order valence-corrected chi connectivity index (χ0v) is 13.2. The predicted octanol–water partition coefficient (Wildman–Crippen LogP) is 4.05. The van der Waals surface area contributed by atoms with E-state index in [0.29, 0.717) is 28.4 Å². The Labute approximate surface area is 135 Å². The van der Waals surface area contributed by atoms with Gasteiger partial charge in [-0.2, -0.15) is 0 Å². The van der Waals surface area contributed by atoms with Gasteiger partial charge in [0.15, 0.2) is 0 Å². The Bertz CT molecular complexity index is 614. The first-order valence-corrected chi connectivity index (χ1v) is 7.34. The van der Waals surface area contributed by atoms with Gasteiger partial charge in [-0.3, -0.25) is 4.79 Å². The van der Waals surface area contributed by atoms with Gasteiger partial charge in [0.05, 0.1) is 6.54 Å². The summed E-state index contributed by atoms with van der Waals surface area (Å²) in [7, 11) is 0. The average molecular weight is 373 g/mol. The molecule has 0 heterocycles. The van der Waals surface area contributed by atoms with Crippen LogP contribution in [0.5, 0.6) is 5.75 Å².